The highest BCUT2D eigenvalue weighted by atomic mass is 16.5. The molecule has 2 aliphatic rings. The van der Waals surface area contributed by atoms with E-state index < -0.39 is 5.91 Å². The number of morpholine rings is 1. The van der Waals surface area contributed by atoms with Gasteiger partial charge in [0, 0.05) is 44.4 Å². The van der Waals surface area contributed by atoms with Gasteiger partial charge < -0.3 is 14.2 Å². The van der Waals surface area contributed by atoms with Gasteiger partial charge in [-0.05, 0) is 22.9 Å². The van der Waals surface area contributed by atoms with Gasteiger partial charge in [-0.2, -0.15) is 0 Å². The Balaban J connectivity index is 0.00000104. The van der Waals surface area contributed by atoms with E-state index in [0.29, 0.717) is 46.1 Å². The predicted octanol–water partition coefficient (Wildman–Crippen LogP) is 1.52. The van der Waals surface area contributed by atoms with E-state index >= 15 is 0 Å². The molecule has 0 bridgehead atoms. The first kappa shape index (κ1) is 20.6. The van der Waals surface area contributed by atoms with Crippen molar-refractivity contribution in [1.82, 2.24) is 9.88 Å². The second kappa shape index (κ2) is 8.49. The van der Waals surface area contributed by atoms with Crippen LogP contribution in [0.1, 0.15) is 26.4 Å². The molecule has 0 saturated carbocycles. The predicted molar refractivity (Wildman–Crippen MR) is 119 cm³/mol. The van der Waals surface area contributed by atoms with E-state index in [2.05, 4.69) is 23.4 Å². The highest BCUT2D eigenvalue weighted by Gasteiger charge is 2.33. The van der Waals surface area contributed by atoms with Crippen molar-refractivity contribution in [3.05, 3.63) is 52.2 Å². The number of nitrogens with one attached hydrogen (secondary N) is 1. The van der Waals surface area contributed by atoms with Gasteiger partial charge in [0.1, 0.15) is 0 Å². The van der Waals surface area contributed by atoms with Gasteiger partial charge in [0.25, 0.3) is 11.8 Å². The summed E-state index contributed by atoms with van der Waals surface area (Å²) in [6.07, 6.45) is 1.80. The summed E-state index contributed by atoms with van der Waals surface area (Å²) in [6, 6.07) is 7.72. The van der Waals surface area contributed by atoms with Crippen molar-refractivity contribution >= 4 is 41.8 Å². The average molecular weight is 396 g/mol. The Morgan fingerprint density at radius 3 is 2.34 bits per heavy atom. The minimum absolute atomic E-state index is 0. The maximum absolute atomic E-state index is 12.6. The largest absolute Gasteiger partial charge is 0.378 e. The zero-order chi connectivity index (χ0) is 21.1. The minimum atomic E-state index is -0.401. The van der Waals surface area contributed by atoms with Crippen molar-refractivity contribution < 1.29 is 15.8 Å². The summed E-state index contributed by atoms with van der Waals surface area (Å²) in [7, 11) is 1.84. The summed E-state index contributed by atoms with van der Waals surface area (Å²) in [4.78, 5) is 27.4. The highest BCUT2D eigenvalue weighted by Crippen LogP contribution is 2.31. The van der Waals surface area contributed by atoms with Gasteiger partial charge in [0.05, 0.1) is 24.4 Å². The van der Waals surface area contributed by atoms with E-state index in [1.807, 2.05) is 49.7 Å². The molecule has 0 radical (unpaired) electrons. The molecule has 0 aliphatic carbocycles. The summed E-state index contributed by atoms with van der Waals surface area (Å²) in [5.74, 6) is -0.787. The minimum Gasteiger partial charge on any atom is -0.378 e. The Morgan fingerprint density at radius 1 is 1.07 bits per heavy atom. The molecule has 1 fully saturated rings. The highest BCUT2D eigenvalue weighted by molar-refractivity contribution is 6.49. The van der Waals surface area contributed by atoms with Gasteiger partial charge in [-0.3, -0.25) is 14.9 Å². The number of nitrogens with zero attached hydrogens (tertiary/aromatic N) is 2. The molecule has 4 rings (SSSR count). The first-order valence-corrected chi connectivity index (χ1v) is 9.84. The lowest BCUT2D eigenvalue weighted by Gasteiger charge is -2.29. The molecule has 1 aromatic heterocycles. The molecule has 6 nitrogen and oxygen atoms in total. The number of benzene rings is 1. The summed E-state index contributed by atoms with van der Waals surface area (Å²) < 4.78 is 7.22. The van der Waals surface area contributed by atoms with Crippen molar-refractivity contribution in [2.75, 3.05) is 31.2 Å². The van der Waals surface area contributed by atoms with Crippen LogP contribution in [0.25, 0.3) is 24.3 Å². The van der Waals surface area contributed by atoms with Crippen molar-refractivity contribution in [2.24, 2.45) is 7.05 Å². The van der Waals surface area contributed by atoms with Gasteiger partial charge in [-0.1, -0.05) is 39.1 Å². The second-order valence-corrected chi connectivity index (χ2v) is 6.76. The maximum atomic E-state index is 12.6. The maximum Gasteiger partial charge on any atom is 0.259 e. The third-order valence-electron chi connectivity index (χ3n) is 5.13. The normalized spacial score (nSPS) is 16.6. The van der Waals surface area contributed by atoms with Crippen LogP contribution >= 0.6 is 0 Å². The number of rotatable bonds is 3. The molecule has 154 valence electrons. The standard InChI is InChI=1S/C21H21N3O3.C2H6.H2/c1-13-14(2)23(3)12-17(13)19-18(20(25)22-21(19)26)15-5-4-6-16(11-15)24-7-9-27-10-8-24;1-2;/h4-6,11-12H,1-2,7-10H2,3H3,(H,22,25,26);1-2H3;1H. The zero-order valence-corrected chi connectivity index (χ0v) is 17.2. The van der Waals surface area contributed by atoms with Crippen LogP contribution in [0.2, 0.25) is 0 Å². The molecule has 0 spiro atoms. The number of carbonyl (C=O) groups is 2. The molecule has 2 aliphatic heterocycles. The fourth-order valence-electron chi connectivity index (χ4n) is 3.60. The van der Waals surface area contributed by atoms with Crippen LogP contribution in [-0.2, 0) is 21.4 Å². The van der Waals surface area contributed by atoms with E-state index in [1.165, 1.54) is 0 Å². The Kier molecular flexibility index (Phi) is 6.03. The molecular formula is C23H29N3O3. The molecular weight excluding hydrogens is 366 g/mol. The molecule has 6 heteroatoms. The lowest BCUT2D eigenvalue weighted by atomic mass is 9.96. The molecule has 1 saturated heterocycles. The summed E-state index contributed by atoms with van der Waals surface area (Å²) >= 11 is 0. The summed E-state index contributed by atoms with van der Waals surface area (Å²) in [5.41, 5.74) is 3.10. The van der Waals surface area contributed by atoms with Gasteiger partial charge in [0.2, 0.25) is 0 Å². The third-order valence-corrected chi connectivity index (χ3v) is 5.13. The number of anilines is 1. The van der Waals surface area contributed by atoms with Gasteiger partial charge >= 0.3 is 0 Å². The van der Waals surface area contributed by atoms with E-state index in [-0.39, 0.29) is 7.33 Å². The van der Waals surface area contributed by atoms with Crippen LogP contribution in [0.5, 0.6) is 0 Å². The van der Waals surface area contributed by atoms with Crippen molar-refractivity contribution in [1.29, 1.82) is 0 Å². The van der Waals surface area contributed by atoms with Gasteiger partial charge in [-0.25, -0.2) is 0 Å². The van der Waals surface area contributed by atoms with E-state index in [1.54, 1.807) is 6.20 Å². The van der Waals surface area contributed by atoms with Crippen molar-refractivity contribution in [2.45, 2.75) is 13.8 Å². The van der Waals surface area contributed by atoms with Gasteiger partial charge in [0.15, 0.2) is 0 Å². The number of imide groups is 1. The quantitative estimate of drug-likeness (QED) is 0.801. The lowest BCUT2D eigenvalue weighted by Crippen LogP contribution is -2.36. The van der Waals surface area contributed by atoms with Crippen LogP contribution in [-0.4, -0.2) is 42.7 Å². The monoisotopic (exact) mass is 395 g/mol. The van der Waals surface area contributed by atoms with Crippen LogP contribution in [0.3, 0.4) is 0 Å². The zero-order valence-electron chi connectivity index (χ0n) is 17.2. The Hall–Kier alpha value is -3.12. The first-order chi connectivity index (χ1) is 14.0. The second-order valence-electron chi connectivity index (χ2n) is 6.76. The van der Waals surface area contributed by atoms with Crippen LogP contribution in [0, 0.1) is 0 Å². The number of aryl methyl sites for hydroxylation is 1. The van der Waals surface area contributed by atoms with E-state index in [4.69, 9.17) is 4.74 Å². The number of ether oxygens (including phenoxy) is 1. The van der Waals surface area contributed by atoms with Crippen LogP contribution in [0.4, 0.5) is 5.69 Å². The fraction of sp³-hybridized carbons (Fsp3) is 0.304. The van der Waals surface area contributed by atoms with E-state index in [9.17, 15) is 9.59 Å². The molecule has 0 atom stereocenters. The van der Waals surface area contributed by atoms with Crippen molar-refractivity contribution in [3.8, 4) is 0 Å². The molecule has 0 unspecified atom stereocenters. The molecule has 2 aromatic rings. The first-order valence-electron chi connectivity index (χ1n) is 9.84. The van der Waals surface area contributed by atoms with E-state index in [0.717, 1.165) is 18.8 Å². The molecule has 1 aromatic carbocycles. The molecule has 2 amide bonds. The van der Waals surface area contributed by atoms with Crippen molar-refractivity contribution in [3.63, 3.8) is 0 Å². The topological polar surface area (TPSA) is 63.6 Å². The number of hydrogen-bond donors (Lipinski definition) is 1. The Labute approximate surface area is 172 Å². The summed E-state index contributed by atoms with van der Waals surface area (Å²) in [5, 5.41) is 3.79. The molecule has 3 heterocycles. The summed E-state index contributed by atoms with van der Waals surface area (Å²) in [6.45, 7) is 15.0. The van der Waals surface area contributed by atoms with Crippen LogP contribution < -0.4 is 20.8 Å². The molecule has 1 N–H and O–H groups in total. The number of aromatic nitrogens is 1. The lowest BCUT2D eigenvalue weighted by molar-refractivity contribution is -0.122. The third kappa shape index (κ3) is 3.76. The van der Waals surface area contributed by atoms with Gasteiger partial charge in [-0.15, -0.1) is 0 Å². The SMILES string of the molecule is C=c1c(C2=C(c3cccc(N4CCOCC4)c3)C(=O)NC2=O)cn(C)c1=C.CC.[HH]. The number of amides is 2. The number of hydrogen-bond acceptors (Lipinski definition) is 4. The average Bonchev–Trinajstić information content (AvgIpc) is 3.19. The molecule has 29 heavy (non-hydrogen) atoms. The Morgan fingerprint density at radius 2 is 1.72 bits per heavy atom. The fourth-order valence-corrected chi connectivity index (χ4v) is 3.60. The smallest absolute Gasteiger partial charge is 0.259 e. The van der Waals surface area contributed by atoms with Crippen LogP contribution in [0.15, 0.2) is 30.5 Å². The number of carbonyl (C=O) groups excluding carboxylic acids is 2. The Bertz CT molecular complexity index is 1080.